The molecule has 0 bridgehead atoms. The van der Waals surface area contributed by atoms with Gasteiger partial charge in [0.15, 0.2) is 0 Å². The Hall–Kier alpha value is -3.11. The highest BCUT2D eigenvalue weighted by Crippen LogP contribution is 2.18. The van der Waals surface area contributed by atoms with Crippen LogP contribution in [0, 0.1) is 12.8 Å². The summed E-state index contributed by atoms with van der Waals surface area (Å²) in [4.78, 5) is 28.8. The smallest absolute Gasteiger partial charge is 0.243 e. The summed E-state index contributed by atoms with van der Waals surface area (Å²) >= 11 is 6.16. The average molecular weight is 477 g/mol. The number of aryl methyl sites for hydroxylation is 1. The maximum atomic E-state index is 13.7. The summed E-state index contributed by atoms with van der Waals surface area (Å²) in [7, 11) is 0. The number of nitrogens with zero attached hydrogens (tertiary/aromatic N) is 1. The fraction of sp³-hybridized carbons (Fsp3) is 0.310. The van der Waals surface area contributed by atoms with Gasteiger partial charge in [-0.05, 0) is 41.7 Å². The Morgan fingerprint density at radius 2 is 1.56 bits per heavy atom. The van der Waals surface area contributed by atoms with E-state index in [0.717, 1.165) is 22.3 Å². The number of hydrogen-bond donors (Lipinski definition) is 1. The molecule has 0 fully saturated rings. The number of carbonyl (C=O) groups is 2. The van der Waals surface area contributed by atoms with Gasteiger partial charge in [0, 0.05) is 24.5 Å². The van der Waals surface area contributed by atoms with Crippen molar-refractivity contribution >= 4 is 23.4 Å². The molecule has 2 amide bonds. The van der Waals surface area contributed by atoms with Gasteiger partial charge in [0.25, 0.3) is 0 Å². The molecule has 5 heteroatoms. The first-order valence-electron chi connectivity index (χ1n) is 11.7. The van der Waals surface area contributed by atoms with Gasteiger partial charge in [-0.3, -0.25) is 9.59 Å². The molecule has 34 heavy (non-hydrogen) atoms. The molecule has 1 atom stereocenters. The molecule has 0 aliphatic carbocycles. The van der Waals surface area contributed by atoms with Gasteiger partial charge in [0.05, 0.1) is 6.42 Å². The lowest BCUT2D eigenvalue weighted by Crippen LogP contribution is -2.51. The van der Waals surface area contributed by atoms with E-state index >= 15 is 0 Å². The van der Waals surface area contributed by atoms with Crippen LogP contribution in [0.1, 0.15) is 36.1 Å². The Labute approximate surface area is 207 Å². The zero-order chi connectivity index (χ0) is 24.5. The summed E-state index contributed by atoms with van der Waals surface area (Å²) in [6, 6.07) is 24.6. The molecule has 0 heterocycles. The SMILES string of the molecule is Cc1cccc(CN(C(=O)Cc2cccc(Cl)c2)[C@@H](Cc2ccccc2)C(=O)NCC(C)C)c1. The molecule has 3 aromatic rings. The van der Waals surface area contributed by atoms with Gasteiger partial charge >= 0.3 is 0 Å². The van der Waals surface area contributed by atoms with E-state index in [1.165, 1.54) is 0 Å². The van der Waals surface area contributed by atoms with Gasteiger partial charge in [0.1, 0.15) is 6.04 Å². The first-order chi connectivity index (χ1) is 16.3. The minimum atomic E-state index is -0.631. The van der Waals surface area contributed by atoms with Crippen LogP contribution in [0.4, 0.5) is 0 Å². The van der Waals surface area contributed by atoms with Crippen molar-refractivity contribution in [2.75, 3.05) is 6.54 Å². The Morgan fingerprint density at radius 1 is 0.882 bits per heavy atom. The zero-order valence-electron chi connectivity index (χ0n) is 20.1. The van der Waals surface area contributed by atoms with Crippen molar-refractivity contribution in [3.63, 3.8) is 0 Å². The second kappa shape index (κ2) is 12.4. The van der Waals surface area contributed by atoms with Crippen LogP contribution in [0.25, 0.3) is 0 Å². The maximum absolute atomic E-state index is 13.7. The molecular formula is C29H33ClN2O2. The summed E-state index contributed by atoms with van der Waals surface area (Å²) in [6.45, 7) is 7.06. The highest BCUT2D eigenvalue weighted by Gasteiger charge is 2.30. The molecular weight excluding hydrogens is 444 g/mol. The van der Waals surface area contributed by atoms with Crippen molar-refractivity contribution < 1.29 is 9.59 Å². The van der Waals surface area contributed by atoms with Crippen LogP contribution >= 0.6 is 11.6 Å². The van der Waals surface area contributed by atoms with Crippen molar-refractivity contribution in [2.45, 2.75) is 46.2 Å². The van der Waals surface area contributed by atoms with Gasteiger partial charge < -0.3 is 10.2 Å². The molecule has 1 N–H and O–H groups in total. The third-order valence-electron chi connectivity index (χ3n) is 5.64. The van der Waals surface area contributed by atoms with Crippen molar-refractivity contribution in [3.8, 4) is 0 Å². The second-order valence-electron chi connectivity index (χ2n) is 9.16. The minimum Gasteiger partial charge on any atom is -0.354 e. The quantitative estimate of drug-likeness (QED) is 0.414. The van der Waals surface area contributed by atoms with Crippen LogP contribution in [0.3, 0.4) is 0 Å². The summed E-state index contributed by atoms with van der Waals surface area (Å²) < 4.78 is 0. The van der Waals surface area contributed by atoms with Crippen LogP contribution in [0.15, 0.2) is 78.9 Å². The topological polar surface area (TPSA) is 49.4 Å². The molecule has 0 spiro atoms. The fourth-order valence-corrected chi connectivity index (χ4v) is 4.12. The van der Waals surface area contributed by atoms with E-state index in [-0.39, 0.29) is 18.2 Å². The maximum Gasteiger partial charge on any atom is 0.243 e. The van der Waals surface area contributed by atoms with Crippen LogP contribution in [-0.4, -0.2) is 29.3 Å². The van der Waals surface area contributed by atoms with Gasteiger partial charge in [-0.15, -0.1) is 0 Å². The number of amides is 2. The molecule has 0 unspecified atom stereocenters. The average Bonchev–Trinajstić information content (AvgIpc) is 2.80. The Morgan fingerprint density at radius 3 is 2.24 bits per heavy atom. The third kappa shape index (κ3) is 7.74. The van der Waals surface area contributed by atoms with E-state index in [1.54, 1.807) is 17.0 Å². The van der Waals surface area contributed by atoms with Gasteiger partial charge in [0.2, 0.25) is 11.8 Å². The minimum absolute atomic E-state index is 0.107. The lowest BCUT2D eigenvalue weighted by Gasteiger charge is -2.32. The first-order valence-corrected chi connectivity index (χ1v) is 12.1. The van der Waals surface area contributed by atoms with E-state index in [9.17, 15) is 9.59 Å². The molecule has 178 valence electrons. The Bertz CT molecular complexity index is 1100. The molecule has 3 aromatic carbocycles. The number of benzene rings is 3. The van der Waals surface area contributed by atoms with Gasteiger partial charge in [-0.2, -0.15) is 0 Å². The molecule has 0 saturated carbocycles. The third-order valence-corrected chi connectivity index (χ3v) is 5.87. The molecule has 0 aromatic heterocycles. The van der Waals surface area contributed by atoms with Crippen LogP contribution in [-0.2, 0) is 29.0 Å². The molecule has 0 radical (unpaired) electrons. The summed E-state index contributed by atoms with van der Waals surface area (Å²) in [5.74, 6) is 0.0720. The number of halogens is 1. The lowest BCUT2D eigenvalue weighted by atomic mass is 10.0. The second-order valence-corrected chi connectivity index (χ2v) is 9.60. The lowest BCUT2D eigenvalue weighted by molar-refractivity contribution is -0.140. The standard InChI is InChI=1S/C29H33ClN2O2/c1-21(2)19-31-29(34)27(17-23-10-5-4-6-11-23)32(20-25-13-7-9-22(3)15-25)28(33)18-24-12-8-14-26(30)16-24/h4-16,21,27H,17-20H2,1-3H3,(H,31,34)/t27-/m0/s1. The fourth-order valence-electron chi connectivity index (χ4n) is 3.91. The van der Waals surface area contributed by atoms with Gasteiger partial charge in [-0.25, -0.2) is 0 Å². The largest absolute Gasteiger partial charge is 0.354 e. The predicted octanol–water partition coefficient (Wildman–Crippen LogP) is 5.60. The van der Waals surface area contributed by atoms with E-state index in [2.05, 4.69) is 25.2 Å². The van der Waals surface area contributed by atoms with Crippen molar-refractivity contribution in [3.05, 3.63) is 106 Å². The molecule has 0 aliphatic heterocycles. The van der Waals surface area contributed by atoms with Gasteiger partial charge in [-0.1, -0.05) is 97.7 Å². The van der Waals surface area contributed by atoms with E-state index < -0.39 is 6.04 Å². The monoisotopic (exact) mass is 476 g/mol. The summed E-state index contributed by atoms with van der Waals surface area (Å²) in [5, 5.41) is 3.64. The molecule has 4 nitrogen and oxygen atoms in total. The Kier molecular flexibility index (Phi) is 9.29. The zero-order valence-corrected chi connectivity index (χ0v) is 20.9. The van der Waals surface area contributed by atoms with Crippen molar-refractivity contribution in [1.82, 2.24) is 10.2 Å². The molecule has 0 saturated heterocycles. The van der Waals surface area contributed by atoms with E-state index in [4.69, 9.17) is 11.6 Å². The van der Waals surface area contributed by atoms with E-state index in [0.29, 0.717) is 30.5 Å². The number of rotatable bonds is 10. The predicted molar refractivity (Wildman–Crippen MR) is 139 cm³/mol. The molecule has 0 aliphatic rings. The van der Waals surface area contributed by atoms with E-state index in [1.807, 2.05) is 67.6 Å². The van der Waals surface area contributed by atoms with Crippen LogP contribution < -0.4 is 5.32 Å². The number of hydrogen-bond acceptors (Lipinski definition) is 2. The highest BCUT2D eigenvalue weighted by atomic mass is 35.5. The number of nitrogens with one attached hydrogen (secondary N) is 1. The number of carbonyl (C=O) groups excluding carboxylic acids is 2. The van der Waals surface area contributed by atoms with Crippen molar-refractivity contribution in [1.29, 1.82) is 0 Å². The highest BCUT2D eigenvalue weighted by molar-refractivity contribution is 6.30. The molecule has 3 rings (SSSR count). The van der Waals surface area contributed by atoms with Crippen molar-refractivity contribution in [2.24, 2.45) is 5.92 Å². The normalized spacial score (nSPS) is 11.8. The summed E-state index contributed by atoms with van der Waals surface area (Å²) in [6.07, 6.45) is 0.618. The van der Waals surface area contributed by atoms with Crippen LogP contribution in [0.2, 0.25) is 5.02 Å². The van der Waals surface area contributed by atoms with Crippen LogP contribution in [0.5, 0.6) is 0 Å². The Balaban J connectivity index is 1.96. The summed E-state index contributed by atoms with van der Waals surface area (Å²) in [5.41, 5.74) is 3.95. The first kappa shape index (κ1) is 25.5.